The largest absolute Gasteiger partial charge is 0.493 e. The highest BCUT2D eigenvalue weighted by molar-refractivity contribution is 5.92. The average molecular weight is 383 g/mol. The van der Waals surface area contributed by atoms with Gasteiger partial charge in [-0.3, -0.25) is 9.89 Å². The van der Waals surface area contributed by atoms with Crippen molar-refractivity contribution >= 4 is 12.0 Å². The second kappa shape index (κ2) is 9.97. The van der Waals surface area contributed by atoms with Crippen LogP contribution in [-0.2, 0) is 11.2 Å². The number of H-pyrrole nitrogens is 1. The summed E-state index contributed by atoms with van der Waals surface area (Å²) in [4.78, 5) is 12.2. The maximum Gasteiger partial charge on any atom is 0.244 e. The zero-order valence-electron chi connectivity index (χ0n) is 16.6. The van der Waals surface area contributed by atoms with Gasteiger partial charge in [-0.05, 0) is 61.4 Å². The van der Waals surface area contributed by atoms with Crippen LogP contribution in [0, 0.1) is 5.92 Å². The molecule has 0 radical (unpaired) electrons. The number of aromatic nitrogens is 2. The maximum absolute atomic E-state index is 12.2. The normalized spacial score (nSPS) is 19.5. The van der Waals surface area contributed by atoms with Crippen LogP contribution in [0.4, 0.5) is 0 Å². The maximum atomic E-state index is 12.2. The van der Waals surface area contributed by atoms with Crippen molar-refractivity contribution in [2.24, 2.45) is 5.92 Å². The van der Waals surface area contributed by atoms with Gasteiger partial charge in [-0.25, -0.2) is 0 Å². The smallest absolute Gasteiger partial charge is 0.244 e. The van der Waals surface area contributed by atoms with Crippen LogP contribution < -0.4 is 14.8 Å². The second-order valence-electron chi connectivity index (χ2n) is 7.39. The molecule has 1 aromatic heterocycles. The number of ether oxygens (including phenoxy) is 2. The van der Waals surface area contributed by atoms with Crippen molar-refractivity contribution in [2.75, 3.05) is 13.7 Å². The van der Waals surface area contributed by atoms with Gasteiger partial charge >= 0.3 is 0 Å². The highest BCUT2D eigenvalue weighted by Gasteiger charge is 2.18. The van der Waals surface area contributed by atoms with Crippen LogP contribution in [0.15, 0.2) is 36.5 Å². The average Bonchev–Trinajstić information content (AvgIpc) is 3.22. The molecule has 6 nitrogen and oxygen atoms in total. The summed E-state index contributed by atoms with van der Waals surface area (Å²) >= 11 is 0. The van der Waals surface area contributed by atoms with Crippen molar-refractivity contribution in [3.8, 4) is 11.5 Å². The number of rotatable bonds is 8. The van der Waals surface area contributed by atoms with Gasteiger partial charge in [0.25, 0.3) is 0 Å². The fourth-order valence-corrected chi connectivity index (χ4v) is 3.43. The van der Waals surface area contributed by atoms with E-state index in [1.54, 1.807) is 25.5 Å². The van der Waals surface area contributed by atoms with E-state index < -0.39 is 0 Å². The second-order valence-corrected chi connectivity index (χ2v) is 7.39. The summed E-state index contributed by atoms with van der Waals surface area (Å²) in [5, 5.41) is 9.93. The number of hydrogen-bond acceptors (Lipinski definition) is 4. The Hall–Kier alpha value is -2.76. The Labute approximate surface area is 166 Å². The standard InChI is InChI=1S/C22H29N3O3/c1-16-3-7-18(8-4-16)24-22(26)10-6-17-5-9-20(21(15-17)27-2)28-14-12-19-11-13-23-25-19/h5-6,9-11,13,15-16,18H,3-4,7-8,12,14H2,1-2H3,(H,23,25)(H,24,26)/b10-6+. The van der Waals surface area contributed by atoms with E-state index in [1.165, 1.54) is 12.8 Å². The van der Waals surface area contributed by atoms with Gasteiger partial charge in [0.2, 0.25) is 5.91 Å². The molecule has 1 amide bonds. The highest BCUT2D eigenvalue weighted by atomic mass is 16.5. The molecule has 1 fully saturated rings. The number of carbonyl (C=O) groups excluding carboxylic acids is 1. The molecule has 0 atom stereocenters. The number of amides is 1. The molecule has 0 unspecified atom stereocenters. The lowest BCUT2D eigenvalue weighted by atomic mass is 9.87. The molecule has 6 heteroatoms. The molecule has 1 aromatic carbocycles. The van der Waals surface area contributed by atoms with Crippen molar-refractivity contribution in [3.05, 3.63) is 47.8 Å². The van der Waals surface area contributed by atoms with Gasteiger partial charge in [-0.1, -0.05) is 13.0 Å². The molecule has 3 rings (SSSR count). The van der Waals surface area contributed by atoms with E-state index in [0.29, 0.717) is 24.1 Å². The van der Waals surface area contributed by atoms with Crippen molar-refractivity contribution in [1.29, 1.82) is 0 Å². The first kappa shape index (κ1) is 20.0. The quantitative estimate of drug-likeness (QED) is 0.681. The Morgan fingerprint density at radius 3 is 2.79 bits per heavy atom. The number of nitrogens with zero attached hydrogens (tertiary/aromatic N) is 1. The molecular weight excluding hydrogens is 354 g/mol. The van der Waals surface area contributed by atoms with E-state index in [4.69, 9.17) is 9.47 Å². The lowest BCUT2D eigenvalue weighted by molar-refractivity contribution is -0.117. The predicted octanol–water partition coefficient (Wildman–Crippen LogP) is 3.75. The van der Waals surface area contributed by atoms with Gasteiger partial charge in [0, 0.05) is 30.4 Å². The molecular formula is C22H29N3O3. The van der Waals surface area contributed by atoms with E-state index in [2.05, 4.69) is 22.4 Å². The molecule has 150 valence electrons. The summed E-state index contributed by atoms with van der Waals surface area (Å²) in [6.45, 7) is 2.80. The Morgan fingerprint density at radius 1 is 1.25 bits per heavy atom. The summed E-state index contributed by atoms with van der Waals surface area (Å²) in [5.41, 5.74) is 1.92. The van der Waals surface area contributed by atoms with E-state index >= 15 is 0 Å². The Kier molecular flexibility index (Phi) is 7.12. The van der Waals surface area contributed by atoms with E-state index in [1.807, 2.05) is 24.3 Å². The van der Waals surface area contributed by atoms with Gasteiger partial charge in [0.05, 0.1) is 13.7 Å². The Morgan fingerprint density at radius 2 is 2.07 bits per heavy atom. The fraction of sp³-hybridized carbons (Fsp3) is 0.455. The minimum Gasteiger partial charge on any atom is -0.493 e. The van der Waals surface area contributed by atoms with Crippen molar-refractivity contribution in [3.63, 3.8) is 0 Å². The van der Waals surface area contributed by atoms with Gasteiger partial charge in [0.15, 0.2) is 11.5 Å². The molecule has 0 spiro atoms. The first-order chi connectivity index (χ1) is 13.6. The van der Waals surface area contributed by atoms with Gasteiger partial charge in [-0.15, -0.1) is 0 Å². The highest BCUT2D eigenvalue weighted by Crippen LogP contribution is 2.29. The topological polar surface area (TPSA) is 76.2 Å². The van der Waals surface area contributed by atoms with E-state index in [-0.39, 0.29) is 5.91 Å². The van der Waals surface area contributed by atoms with Crippen LogP contribution in [0.5, 0.6) is 11.5 Å². The van der Waals surface area contributed by atoms with Crippen molar-refractivity contribution in [2.45, 2.75) is 45.1 Å². The Bertz CT molecular complexity index is 778. The predicted molar refractivity (Wildman–Crippen MR) is 109 cm³/mol. The van der Waals surface area contributed by atoms with Crippen LogP contribution in [0.2, 0.25) is 0 Å². The third-order valence-electron chi connectivity index (χ3n) is 5.16. The van der Waals surface area contributed by atoms with Crippen LogP contribution in [0.3, 0.4) is 0 Å². The number of nitrogens with one attached hydrogen (secondary N) is 2. The molecule has 1 heterocycles. The zero-order chi connectivity index (χ0) is 19.8. The summed E-state index contributed by atoms with van der Waals surface area (Å²) in [6, 6.07) is 7.88. The summed E-state index contributed by atoms with van der Waals surface area (Å²) in [5.74, 6) is 2.06. The summed E-state index contributed by atoms with van der Waals surface area (Å²) in [7, 11) is 1.61. The summed E-state index contributed by atoms with van der Waals surface area (Å²) in [6.07, 6.45) is 10.4. The molecule has 0 saturated heterocycles. The van der Waals surface area contributed by atoms with E-state index in [9.17, 15) is 4.79 Å². The minimum atomic E-state index is -0.0431. The van der Waals surface area contributed by atoms with Crippen LogP contribution in [0.1, 0.15) is 43.9 Å². The molecule has 0 bridgehead atoms. The molecule has 2 N–H and O–H groups in total. The first-order valence-electron chi connectivity index (χ1n) is 9.91. The molecule has 1 saturated carbocycles. The first-order valence-corrected chi connectivity index (χ1v) is 9.91. The van der Waals surface area contributed by atoms with Gasteiger partial charge < -0.3 is 14.8 Å². The zero-order valence-corrected chi connectivity index (χ0v) is 16.6. The molecule has 1 aliphatic rings. The van der Waals surface area contributed by atoms with Crippen molar-refractivity contribution in [1.82, 2.24) is 15.5 Å². The molecule has 1 aliphatic carbocycles. The van der Waals surface area contributed by atoms with Gasteiger partial charge in [0.1, 0.15) is 0 Å². The monoisotopic (exact) mass is 383 g/mol. The SMILES string of the molecule is COc1cc(/C=C/C(=O)NC2CCC(C)CC2)ccc1OCCc1ccn[nH]1. The van der Waals surface area contributed by atoms with Crippen LogP contribution in [-0.4, -0.2) is 35.9 Å². The molecule has 2 aromatic rings. The van der Waals surface area contributed by atoms with Crippen molar-refractivity contribution < 1.29 is 14.3 Å². The third-order valence-corrected chi connectivity index (χ3v) is 5.16. The van der Waals surface area contributed by atoms with Crippen LogP contribution in [0.25, 0.3) is 6.08 Å². The number of methoxy groups -OCH3 is 1. The van der Waals surface area contributed by atoms with Gasteiger partial charge in [-0.2, -0.15) is 5.10 Å². The molecule has 0 aliphatic heterocycles. The number of benzene rings is 1. The van der Waals surface area contributed by atoms with E-state index in [0.717, 1.165) is 36.4 Å². The lowest BCUT2D eigenvalue weighted by Crippen LogP contribution is -2.36. The molecule has 28 heavy (non-hydrogen) atoms. The Balaban J connectivity index is 1.52. The third kappa shape index (κ3) is 5.87. The lowest BCUT2D eigenvalue weighted by Gasteiger charge is -2.26. The number of aromatic amines is 1. The van der Waals surface area contributed by atoms with Crippen LogP contribution >= 0.6 is 0 Å². The minimum absolute atomic E-state index is 0.0431. The number of hydrogen-bond donors (Lipinski definition) is 2. The fourth-order valence-electron chi connectivity index (χ4n) is 3.43. The summed E-state index contributed by atoms with van der Waals surface area (Å²) < 4.78 is 11.2. The number of carbonyl (C=O) groups is 1.